The molecule has 1 aliphatic carbocycles. The molecular formula is C18H18N4O2. The second-order valence-electron chi connectivity index (χ2n) is 6.04. The fraction of sp³-hybridized carbons (Fsp3) is 0.278. The van der Waals surface area contributed by atoms with Crippen LogP contribution in [-0.4, -0.2) is 20.8 Å². The van der Waals surface area contributed by atoms with Gasteiger partial charge in [0.25, 0.3) is 5.91 Å². The number of amides is 1. The van der Waals surface area contributed by atoms with E-state index in [4.69, 9.17) is 4.52 Å². The quantitative estimate of drug-likeness (QED) is 0.757. The SMILES string of the molecule is O=C(NCc1ccccc1Cn1cccn1)c1cc(C2CC2)on1. The molecule has 1 fully saturated rings. The Morgan fingerprint density at radius 1 is 1.25 bits per heavy atom. The Morgan fingerprint density at radius 2 is 2.08 bits per heavy atom. The third-order valence-electron chi connectivity index (χ3n) is 4.19. The summed E-state index contributed by atoms with van der Waals surface area (Å²) in [6, 6.07) is 11.7. The molecule has 1 saturated carbocycles. The molecule has 1 aromatic carbocycles. The van der Waals surface area contributed by atoms with Crippen LogP contribution in [-0.2, 0) is 13.1 Å². The van der Waals surface area contributed by atoms with E-state index in [0.717, 1.165) is 29.7 Å². The van der Waals surface area contributed by atoms with Crippen molar-refractivity contribution in [3.8, 4) is 0 Å². The van der Waals surface area contributed by atoms with E-state index in [0.29, 0.717) is 24.7 Å². The van der Waals surface area contributed by atoms with Crippen molar-refractivity contribution in [2.75, 3.05) is 0 Å². The summed E-state index contributed by atoms with van der Waals surface area (Å²) in [5.41, 5.74) is 2.54. The Hall–Kier alpha value is -2.89. The van der Waals surface area contributed by atoms with Crippen LogP contribution < -0.4 is 5.32 Å². The first-order valence-electron chi connectivity index (χ1n) is 8.08. The molecule has 6 heteroatoms. The zero-order chi connectivity index (χ0) is 16.4. The van der Waals surface area contributed by atoms with Gasteiger partial charge in [-0.25, -0.2) is 0 Å². The summed E-state index contributed by atoms with van der Waals surface area (Å²) in [5, 5.41) is 11.0. The van der Waals surface area contributed by atoms with Crippen LogP contribution in [0.2, 0.25) is 0 Å². The van der Waals surface area contributed by atoms with Gasteiger partial charge in [-0.3, -0.25) is 9.48 Å². The molecule has 24 heavy (non-hydrogen) atoms. The summed E-state index contributed by atoms with van der Waals surface area (Å²) in [6.45, 7) is 1.12. The number of nitrogens with one attached hydrogen (secondary N) is 1. The van der Waals surface area contributed by atoms with Gasteiger partial charge in [0.1, 0.15) is 5.76 Å². The second kappa shape index (κ2) is 6.31. The zero-order valence-electron chi connectivity index (χ0n) is 13.2. The minimum absolute atomic E-state index is 0.209. The van der Waals surface area contributed by atoms with Gasteiger partial charge in [0.15, 0.2) is 5.69 Å². The van der Waals surface area contributed by atoms with Crippen LogP contribution in [0.15, 0.2) is 53.3 Å². The summed E-state index contributed by atoms with van der Waals surface area (Å²) >= 11 is 0. The Balaban J connectivity index is 1.42. The van der Waals surface area contributed by atoms with E-state index in [1.807, 2.05) is 41.2 Å². The van der Waals surface area contributed by atoms with Gasteiger partial charge in [0, 0.05) is 30.9 Å². The highest BCUT2D eigenvalue weighted by Gasteiger charge is 2.28. The van der Waals surface area contributed by atoms with E-state index in [9.17, 15) is 4.79 Å². The number of nitrogens with zero attached hydrogens (tertiary/aromatic N) is 3. The molecule has 0 unspecified atom stereocenters. The molecule has 0 aliphatic heterocycles. The highest BCUT2D eigenvalue weighted by atomic mass is 16.5. The summed E-state index contributed by atoms with van der Waals surface area (Å²) in [5.74, 6) is 1.06. The van der Waals surface area contributed by atoms with Crippen molar-refractivity contribution in [2.45, 2.75) is 31.8 Å². The van der Waals surface area contributed by atoms with Crippen LogP contribution in [0.25, 0.3) is 0 Å². The molecule has 0 saturated heterocycles. The van der Waals surface area contributed by atoms with Crippen LogP contribution >= 0.6 is 0 Å². The van der Waals surface area contributed by atoms with Gasteiger partial charge in [0.05, 0.1) is 6.54 Å². The van der Waals surface area contributed by atoms with Crippen molar-refractivity contribution in [1.82, 2.24) is 20.3 Å². The van der Waals surface area contributed by atoms with Crippen molar-refractivity contribution >= 4 is 5.91 Å². The number of carbonyl (C=O) groups excluding carboxylic acids is 1. The van der Waals surface area contributed by atoms with Crippen LogP contribution in [0.5, 0.6) is 0 Å². The van der Waals surface area contributed by atoms with Gasteiger partial charge in [0.2, 0.25) is 0 Å². The summed E-state index contributed by atoms with van der Waals surface area (Å²) in [4.78, 5) is 12.3. The Bertz CT molecular complexity index is 834. The number of benzene rings is 1. The van der Waals surface area contributed by atoms with Crippen molar-refractivity contribution < 1.29 is 9.32 Å². The number of rotatable bonds is 6. The lowest BCUT2D eigenvalue weighted by Gasteiger charge is -2.10. The van der Waals surface area contributed by atoms with Gasteiger partial charge in [-0.15, -0.1) is 0 Å². The van der Waals surface area contributed by atoms with Crippen LogP contribution in [0, 0.1) is 0 Å². The van der Waals surface area contributed by atoms with Gasteiger partial charge >= 0.3 is 0 Å². The maximum absolute atomic E-state index is 12.3. The molecule has 0 bridgehead atoms. The minimum atomic E-state index is -0.209. The molecule has 1 amide bonds. The van der Waals surface area contributed by atoms with Crippen LogP contribution in [0.1, 0.15) is 46.1 Å². The average molecular weight is 322 g/mol. The van der Waals surface area contributed by atoms with Gasteiger partial charge in [-0.05, 0) is 30.0 Å². The predicted molar refractivity (Wildman–Crippen MR) is 87.4 cm³/mol. The van der Waals surface area contributed by atoms with E-state index in [2.05, 4.69) is 15.6 Å². The summed E-state index contributed by atoms with van der Waals surface area (Å²) in [6.07, 6.45) is 5.92. The molecule has 2 heterocycles. The number of hydrogen-bond donors (Lipinski definition) is 1. The average Bonchev–Trinajstić information content (AvgIpc) is 3.11. The lowest BCUT2D eigenvalue weighted by Crippen LogP contribution is -2.24. The molecule has 2 aromatic heterocycles. The molecule has 4 rings (SSSR count). The molecule has 1 aliphatic rings. The van der Waals surface area contributed by atoms with Crippen LogP contribution in [0.3, 0.4) is 0 Å². The van der Waals surface area contributed by atoms with Crippen molar-refractivity contribution in [3.05, 3.63) is 71.4 Å². The van der Waals surface area contributed by atoms with E-state index in [1.54, 1.807) is 12.3 Å². The van der Waals surface area contributed by atoms with Crippen molar-refractivity contribution in [3.63, 3.8) is 0 Å². The normalized spacial score (nSPS) is 13.8. The van der Waals surface area contributed by atoms with E-state index in [1.165, 1.54) is 0 Å². The van der Waals surface area contributed by atoms with E-state index in [-0.39, 0.29) is 5.91 Å². The van der Waals surface area contributed by atoms with Crippen molar-refractivity contribution in [2.24, 2.45) is 0 Å². The lowest BCUT2D eigenvalue weighted by molar-refractivity contribution is 0.0941. The number of aromatic nitrogens is 3. The molecule has 3 aromatic rings. The summed E-state index contributed by atoms with van der Waals surface area (Å²) < 4.78 is 7.09. The Labute approximate surface area is 139 Å². The molecule has 6 nitrogen and oxygen atoms in total. The highest BCUT2D eigenvalue weighted by Crippen LogP contribution is 2.40. The standard InChI is InChI=1S/C18H18N4O2/c23-18(16-10-17(24-21-16)13-6-7-13)19-11-14-4-1-2-5-15(14)12-22-9-3-8-20-22/h1-5,8-10,13H,6-7,11-12H2,(H,19,23). The number of carbonyl (C=O) groups is 1. The first-order valence-corrected chi connectivity index (χ1v) is 8.08. The predicted octanol–water partition coefficient (Wildman–Crippen LogP) is 2.73. The third kappa shape index (κ3) is 3.22. The fourth-order valence-electron chi connectivity index (χ4n) is 2.68. The largest absolute Gasteiger partial charge is 0.360 e. The number of hydrogen-bond acceptors (Lipinski definition) is 4. The van der Waals surface area contributed by atoms with Crippen molar-refractivity contribution in [1.29, 1.82) is 0 Å². The molecule has 0 radical (unpaired) electrons. The molecule has 1 N–H and O–H groups in total. The Morgan fingerprint density at radius 3 is 2.83 bits per heavy atom. The second-order valence-corrected chi connectivity index (χ2v) is 6.04. The minimum Gasteiger partial charge on any atom is -0.360 e. The lowest BCUT2D eigenvalue weighted by atomic mass is 10.1. The highest BCUT2D eigenvalue weighted by molar-refractivity contribution is 5.92. The topological polar surface area (TPSA) is 73.0 Å². The smallest absolute Gasteiger partial charge is 0.273 e. The molecular weight excluding hydrogens is 304 g/mol. The fourth-order valence-corrected chi connectivity index (χ4v) is 2.68. The molecule has 0 spiro atoms. The maximum Gasteiger partial charge on any atom is 0.273 e. The van der Waals surface area contributed by atoms with Gasteiger partial charge < -0.3 is 9.84 Å². The van der Waals surface area contributed by atoms with Crippen LogP contribution in [0.4, 0.5) is 0 Å². The molecule has 122 valence electrons. The van der Waals surface area contributed by atoms with E-state index < -0.39 is 0 Å². The van der Waals surface area contributed by atoms with E-state index >= 15 is 0 Å². The summed E-state index contributed by atoms with van der Waals surface area (Å²) in [7, 11) is 0. The maximum atomic E-state index is 12.3. The van der Waals surface area contributed by atoms with Gasteiger partial charge in [-0.1, -0.05) is 29.4 Å². The first-order chi connectivity index (χ1) is 11.8. The zero-order valence-corrected chi connectivity index (χ0v) is 13.2. The monoisotopic (exact) mass is 322 g/mol. The third-order valence-corrected chi connectivity index (χ3v) is 4.19. The first kappa shape index (κ1) is 14.7. The Kier molecular flexibility index (Phi) is 3.86. The van der Waals surface area contributed by atoms with Gasteiger partial charge in [-0.2, -0.15) is 5.10 Å². The molecule has 0 atom stereocenters.